The van der Waals surface area contributed by atoms with Gasteiger partial charge in [-0.1, -0.05) is 25.6 Å². The number of hydrogen-bond donors (Lipinski definition) is 1. The van der Waals surface area contributed by atoms with Crippen molar-refractivity contribution in [1.82, 2.24) is 25.5 Å². The normalized spacial score (nSPS) is 12.3. The highest BCUT2D eigenvalue weighted by atomic mass is 32.2. The fourth-order valence-electron chi connectivity index (χ4n) is 1.27. The van der Waals surface area contributed by atoms with Crippen LogP contribution in [0.3, 0.4) is 0 Å². The zero-order valence-electron chi connectivity index (χ0n) is 11.4. The van der Waals surface area contributed by atoms with Gasteiger partial charge in [0.15, 0.2) is 0 Å². The highest BCUT2D eigenvalue weighted by molar-refractivity contribution is 7.99. The van der Waals surface area contributed by atoms with Crippen molar-refractivity contribution in [2.45, 2.75) is 31.7 Å². The highest BCUT2D eigenvalue weighted by Crippen LogP contribution is 2.18. The van der Waals surface area contributed by atoms with E-state index in [0.717, 1.165) is 18.3 Å². The molecule has 10 heteroatoms. The van der Waals surface area contributed by atoms with Crippen molar-refractivity contribution in [3.63, 3.8) is 0 Å². The molecule has 0 atom stereocenters. The van der Waals surface area contributed by atoms with E-state index in [0.29, 0.717) is 24.2 Å². The molecule has 1 heterocycles. The number of alkyl halides is 3. The Bertz CT molecular complexity index is 385. The number of rotatable bonds is 9. The van der Waals surface area contributed by atoms with Crippen LogP contribution in [0.2, 0.25) is 0 Å². The lowest BCUT2D eigenvalue weighted by Gasteiger charge is -2.09. The minimum Gasteiger partial charge on any atom is -0.361 e. The SMILES string of the molecule is CC(C)CNCCn1nnnc1SCOCC(F)(F)F. The van der Waals surface area contributed by atoms with Crippen molar-refractivity contribution >= 4 is 11.8 Å². The summed E-state index contributed by atoms with van der Waals surface area (Å²) >= 11 is 1.04. The summed E-state index contributed by atoms with van der Waals surface area (Å²) in [6.07, 6.45) is -4.31. The summed E-state index contributed by atoms with van der Waals surface area (Å²) in [5, 5.41) is 14.7. The van der Waals surface area contributed by atoms with E-state index in [1.807, 2.05) is 0 Å². The van der Waals surface area contributed by atoms with E-state index < -0.39 is 12.8 Å². The Labute approximate surface area is 119 Å². The average molecular weight is 313 g/mol. The Morgan fingerprint density at radius 2 is 2.15 bits per heavy atom. The summed E-state index contributed by atoms with van der Waals surface area (Å²) < 4.78 is 41.7. The van der Waals surface area contributed by atoms with Crippen molar-refractivity contribution in [3.8, 4) is 0 Å². The van der Waals surface area contributed by atoms with Gasteiger partial charge in [-0.2, -0.15) is 13.2 Å². The minimum atomic E-state index is -4.31. The number of thioether (sulfide) groups is 1. The first kappa shape index (κ1) is 17.2. The molecule has 0 spiro atoms. The van der Waals surface area contributed by atoms with Gasteiger partial charge in [-0.3, -0.25) is 0 Å². The van der Waals surface area contributed by atoms with E-state index in [9.17, 15) is 13.2 Å². The van der Waals surface area contributed by atoms with Gasteiger partial charge < -0.3 is 10.1 Å². The molecule has 20 heavy (non-hydrogen) atoms. The Morgan fingerprint density at radius 3 is 2.80 bits per heavy atom. The second-order valence-electron chi connectivity index (χ2n) is 4.51. The predicted octanol–water partition coefficient (Wildman–Crippen LogP) is 1.55. The first-order chi connectivity index (χ1) is 9.38. The molecule has 1 aromatic rings. The molecule has 0 fully saturated rings. The molecule has 0 saturated heterocycles. The van der Waals surface area contributed by atoms with Crippen molar-refractivity contribution < 1.29 is 17.9 Å². The molecule has 0 radical (unpaired) electrons. The average Bonchev–Trinajstić information content (AvgIpc) is 2.76. The second-order valence-corrected chi connectivity index (χ2v) is 5.40. The molecule has 0 aromatic carbocycles. The molecule has 1 N–H and O–H groups in total. The smallest absolute Gasteiger partial charge is 0.361 e. The number of ether oxygens (including phenoxy) is 1. The molecule has 0 bridgehead atoms. The molecule has 0 aliphatic rings. The molecular formula is C10H18F3N5OS. The lowest BCUT2D eigenvalue weighted by atomic mass is 10.2. The van der Waals surface area contributed by atoms with Gasteiger partial charge in [0, 0.05) is 6.54 Å². The van der Waals surface area contributed by atoms with Crippen LogP contribution in [0.15, 0.2) is 5.16 Å². The third-order valence-electron chi connectivity index (χ3n) is 2.09. The fraction of sp³-hybridized carbons (Fsp3) is 0.900. The maximum atomic E-state index is 11.9. The van der Waals surface area contributed by atoms with Crippen molar-refractivity contribution in [1.29, 1.82) is 0 Å². The minimum absolute atomic E-state index is 0.140. The van der Waals surface area contributed by atoms with E-state index in [2.05, 4.69) is 39.4 Å². The van der Waals surface area contributed by atoms with Crippen LogP contribution in [0.5, 0.6) is 0 Å². The third-order valence-corrected chi connectivity index (χ3v) is 2.92. The van der Waals surface area contributed by atoms with Gasteiger partial charge in [0.2, 0.25) is 5.16 Å². The number of hydrogen-bond acceptors (Lipinski definition) is 6. The quantitative estimate of drug-likeness (QED) is 0.424. The van der Waals surface area contributed by atoms with E-state index in [1.54, 1.807) is 0 Å². The van der Waals surface area contributed by atoms with Crippen LogP contribution in [-0.2, 0) is 11.3 Å². The molecule has 6 nitrogen and oxygen atoms in total. The first-order valence-electron chi connectivity index (χ1n) is 6.12. The monoisotopic (exact) mass is 313 g/mol. The predicted molar refractivity (Wildman–Crippen MR) is 68.3 cm³/mol. The Kier molecular flexibility index (Phi) is 7.24. The summed E-state index contributed by atoms with van der Waals surface area (Å²) in [5.74, 6) is 0.410. The lowest BCUT2D eigenvalue weighted by molar-refractivity contribution is -0.168. The number of aromatic nitrogens is 4. The van der Waals surface area contributed by atoms with Crippen LogP contribution >= 0.6 is 11.8 Å². The standard InChI is InChI=1S/C10H18F3N5OS/c1-8(2)5-14-3-4-18-9(15-16-17-18)20-7-19-6-10(11,12)13/h8,14H,3-7H2,1-2H3. The summed E-state index contributed by atoms with van der Waals surface area (Å²) in [5.41, 5.74) is 0. The third kappa shape index (κ3) is 7.65. The summed E-state index contributed by atoms with van der Waals surface area (Å²) in [6, 6.07) is 0. The summed E-state index contributed by atoms with van der Waals surface area (Å²) in [6.45, 7) is 5.07. The van der Waals surface area contributed by atoms with Crippen molar-refractivity contribution in [3.05, 3.63) is 0 Å². The molecule has 0 aliphatic carbocycles. The molecule has 116 valence electrons. The number of nitrogens with zero attached hydrogens (tertiary/aromatic N) is 4. The summed E-state index contributed by atoms with van der Waals surface area (Å²) in [4.78, 5) is 0. The van der Waals surface area contributed by atoms with Crippen LogP contribution in [0.4, 0.5) is 13.2 Å². The molecule has 0 saturated carbocycles. The molecule has 0 aliphatic heterocycles. The van der Waals surface area contributed by atoms with Crippen LogP contribution in [0.1, 0.15) is 13.8 Å². The molecular weight excluding hydrogens is 295 g/mol. The number of halogens is 3. The highest BCUT2D eigenvalue weighted by Gasteiger charge is 2.27. The van der Waals surface area contributed by atoms with E-state index in [1.165, 1.54) is 4.68 Å². The van der Waals surface area contributed by atoms with Crippen LogP contribution in [0.25, 0.3) is 0 Å². The van der Waals surface area contributed by atoms with Gasteiger partial charge in [-0.05, 0) is 22.9 Å². The first-order valence-corrected chi connectivity index (χ1v) is 7.11. The topological polar surface area (TPSA) is 64.9 Å². The fourth-order valence-corrected chi connectivity index (χ4v) is 1.91. The zero-order chi connectivity index (χ0) is 15.0. The van der Waals surface area contributed by atoms with Gasteiger partial charge in [0.1, 0.15) is 12.5 Å². The maximum Gasteiger partial charge on any atom is 0.411 e. The van der Waals surface area contributed by atoms with Crippen LogP contribution < -0.4 is 5.32 Å². The Hall–Kier alpha value is -0.870. The molecule has 1 rings (SSSR count). The zero-order valence-corrected chi connectivity index (χ0v) is 12.2. The van der Waals surface area contributed by atoms with Crippen LogP contribution in [0, 0.1) is 5.92 Å². The Balaban J connectivity index is 2.24. The van der Waals surface area contributed by atoms with E-state index in [-0.39, 0.29) is 5.94 Å². The largest absolute Gasteiger partial charge is 0.411 e. The van der Waals surface area contributed by atoms with Gasteiger partial charge >= 0.3 is 6.18 Å². The molecule has 1 aromatic heterocycles. The Morgan fingerprint density at radius 1 is 1.40 bits per heavy atom. The van der Waals surface area contributed by atoms with Crippen LogP contribution in [-0.4, -0.2) is 52.0 Å². The van der Waals surface area contributed by atoms with E-state index >= 15 is 0 Å². The molecule has 0 unspecified atom stereocenters. The second kappa shape index (κ2) is 8.42. The number of nitrogens with one attached hydrogen (secondary N) is 1. The molecule has 0 amide bonds. The van der Waals surface area contributed by atoms with Crippen molar-refractivity contribution in [2.75, 3.05) is 25.6 Å². The van der Waals surface area contributed by atoms with Crippen molar-refractivity contribution in [2.24, 2.45) is 5.92 Å². The summed E-state index contributed by atoms with van der Waals surface area (Å²) in [7, 11) is 0. The van der Waals surface area contributed by atoms with Gasteiger partial charge in [-0.15, -0.1) is 5.10 Å². The lowest BCUT2D eigenvalue weighted by Crippen LogP contribution is -2.24. The number of tetrazole rings is 1. The van der Waals surface area contributed by atoms with Gasteiger partial charge in [-0.25, -0.2) is 4.68 Å². The maximum absolute atomic E-state index is 11.9. The van der Waals surface area contributed by atoms with Gasteiger partial charge in [0.25, 0.3) is 0 Å². The van der Waals surface area contributed by atoms with Gasteiger partial charge in [0.05, 0.1) is 6.54 Å². The van der Waals surface area contributed by atoms with E-state index in [4.69, 9.17) is 0 Å².